The van der Waals surface area contributed by atoms with Crippen LogP contribution in [0.3, 0.4) is 0 Å². The molecule has 0 bridgehead atoms. The molecule has 0 saturated heterocycles. The average Bonchev–Trinajstić information content (AvgIpc) is 2.10. The van der Waals surface area contributed by atoms with Gasteiger partial charge in [0.05, 0.1) is 39.6 Å². The van der Waals surface area contributed by atoms with E-state index >= 15 is 0 Å². The van der Waals surface area contributed by atoms with E-state index in [0.717, 1.165) is 0 Å². The Kier molecular flexibility index (Phi) is 11.6. The first-order valence-electron chi connectivity index (χ1n) is 3.82. The highest BCUT2D eigenvalue weighted by Crippen LogP contribution is 1.83. The molecule has 5 heteroatoms. The molecule has 4 nitrogen and oxygen atoms in total. The fourth-order valence-electron chi connectivity index (χ4n) is 0.559. The summed E-state index contributed by atoms with van der Waals surface area (Å²) in [4.78, 5) is 0. The normalized spacial score (nSPS) is 10.5. The van der Waals surface area contributed by atoms with Crippen LogP contribution in [0.25, 0.3) is 0 Å². The molecule has 74 valence electrons. The van der Waals surface area contributed by atoms with Crippen molar-refractivity contribution in [2.75, 3.05) is 45.2 Å². The van der Waals surface area contributed by atoms with E-state index in [4.69, 9.17) is 19.3 Å². The van der Waals surface area contributed by atoms with Crippen LogP contribution in [0.1, 0.15) is 0 Å². The molecule has 0 aromatic heterocycles. The summed E-state index contributed by atoms with van der Waals surface area (Å²) in [5.74, 6) is 0. The predicted octanol–water partition coefficient (Wildman–Crippen LogP) is 0.381. The first-order valence-corrected chi connectivity index (χ1v) is 4.94. The number of halogens is 1. The van der Waals surface area contributed by atoms with E-state index in [1.807, 2.05) is 0 Å². The Labute approximate surface area is 80.9 Å². The number of ether oxygens (including phenoxy) is 3. The van der Waals surface area contributed by atoms with Crippen LogP contribution in [0.4, 0.5) is 0 Å². The van der Waals surface area contributed by atoms with Gasteiger partial charge in [0.15, 0.2) is 0 Å². The molecule has 0 amide bonds. The molecule has 0 radical (unpaired) electrons. The first kappa shape index (κ1) is 12.3. The number of aliphatic hydroxyl groups is 1. The van der Waals surface area contributed by atoms with Gasteiger partial charge in [0.1, 0.15) is 5.52 Å². The number of aliphatic hydroxyl groups excluding tert-OH is 1. The highest BCUT2D eigenvalue weighted by molar-refractivity contribution is 9.09. The molecule has 1 N–H and O–H groups in total. The van der Waals surface area contributed by atoms with Crippen LogP contribution in [-0.2, 0) is 14.2 Å². The maximum Gasteiger partial charge on any atom is 0.102 e. The SMILES string of the molecule is OCCOCCOCCOCBr. The molecule has 0 heterocycles. The van der Waals surface area contributed by atoms with E-state index in [1.165, 1.54) is 0 Å². The summed E-state index contributed by atoms with van der Waals surface area (Å²) < 4.78 is 15.1. The monoisotopic (exact) mass is 242 g/mol. The minimum atomic E-state index is 0.0622. The van der Waals surface area contributed by atoms with Crippen LogP contribution >= 0.6 is 15.9 Å². The summed E-state index contributed by atoms with van der Waals surface area (Å²) >= 11 is 3.12. The minimum absolute atomic E-state index is 0.0622. The van der Waals surface area contributed by atoms with Gasteiger partial charge >= 0.3 is 0 Å². The zero-order valence-corrected chi connectivity index (χ0v) is 8.59. The Bertz CT molecular complexity index is 71.8. The molecule has 0 spiro atoms. The number of alkyl halides is 1. The second kappa shape index (κ2) is 11.3. The van der Waals surface area contributed by atoms with Crippen molar-refractivity contribution in [1.82, 2.24) is 0 Å². The zero-order chi connectivity index (χ0) is 9.07. The molecule has 0 rings (SSSR count). The van der Waals surface area contributed by atoms with E-state index in [-0.39, 0.29) is 6.61 Å². The Morgan fingerprint density at radius 3 is 1.83 bits per heavy atom. The summed E-state index contributed by atoms with van der Waals surface area (Å²) in [5.41, 5.74) is 0.539. The van der Waals surface area contributed by atoms with Crippen molar-refractivity contribution in [1.29, 1.82) is 0 Å². The summed E-state index contributed by atoms with van der Waals surface area (Å²) in [6, 6.07) is 0. The Hall–Kier alpha value is 0.320. The Morgan fingerprint density at radius 2 is 1.33 bits per heavy atom. The molecule has 0 aromatic carbocycles. The Morgan fingerprint density at radius 1 is 0.833 bits per heavy atom. The quantitative estimate of drug-likeness (QED) is 0.470. The molecular weight excluding hydrogens is 228 g/mol. The maximum atomic E-state index is 8.35. The molecule has 0 unspecified atom stereocenters. The fourth-order valence-corrected chi connectivity index (χ4v) is 0.788. The lowest BCUT2D eigenvalue weighted by atomic mass is 10.7. The fraction of sp³-hybridized carbons (Fsp3) is 1.00. The maximum absolute atomic E-state index is 8.35. The summed E-state index contributed by atoms with van der Waals surface area (Å²) in [7, 11) is 0. The minimum Gasteiger partial charge on any atom is -0.394 e. The summed E-state index contributed by atoms with van der Waals surface area (Å²) in [6.45, 7) is 2.67. The van der Waals surface area contributed by atoms with Crippen molar-refractivity contribution in [2.45, 2.75) is 0 Å². The van der Waals surface area contributed by atoms with Gasteiger partial charge in [-0.2, -0.15) is 0 Å². The second-order valence-electron chi connectivity index (χ2n) is 1.97. The molecule has 0 fully saturated rings. The van der Waals surface area contributed by atoms with Crippen molar-refractivity contribution >= 4 is 15.9 Å². The van der Waals surface area contributed by atoms with Crippen molar-refractivity contribution in [2.24, 2.45) is 0 Å². The third-order valence-corrected chi connectivity index (χ3v) is 1.38. The number of rotatable bonds is 9. The lowest BCUT2D eigenvalue weighted by Crippen LogP contribution is -2.10. The van der Waals surface area contributed by atoms with Gasteiger partial charge in [-0.25, -0.2) is 0 Å². The van der Waals surface area contributed by atoms with Crippen LogP contribution in [0.15, 0.2) is 0 Å². The second-order valence-corrected chi connectivity index (χ2v) is 2.42. The average molecular weight is 243 g/mol. The largest absolute Gasteiger partial charge is 0.394 e. The topological polar surface area (TPSA) is 47.9 Å². The van der Waals surface area contributed by atoms with Gasteiger partial charge in [0, 0.05) is 0 Å². The molecule has 12 heavy (non-hydrogen) atoms. The number of hydrogen-bond donors (Lipinski definition) is 1. The molecule has 0 aliphatic rings. The van der Waals surface area contributed by atoms with Crippen LogP contribution in [0, 0.1) is 0 Å². The third kappa shape index (κ3) is 10.3. The van der Waals surface area contributed by atoms with Gasteiger partial charge in [0.25, 0.3) is 0 Å². The molecule has 0 atom stereocenters. The molecule has 0 aliphatic carbocycles. The highest BCUT2D eigenvalue weighted by Gasteiger charge is 1.89. The van der Waals surface area contributed by atoms with E-state index in [9.17, 15) is 0 Å². The van der Waals surface area contributed by atoms with Gasteiger partial charge < -0.3 is 19.3 Å². The predicted molar refractivity (Wildman–Crippen MR) is 48.5 cm³/mol. The van der Waals surface area contributed by atoms with Crippen molar-refractivity contribution in [3.63, 3.8) is 0 Å². The third-order valence-electron chi connectivity index (χ3n) is 1.06. The van der Waals surface area contributed by atoms with Crippen LogP contribution in [-0.4, -0.2) is 50.3 Å². The van der Waals surface area contributed by atoms with Gasteiger partial charge in [-0.1, -0.05) is 15.9 Å². The summed E-state index contributed by atoms with van der Waals surface area (Å²) in [5, 5.41) is 8.35. The van der Waals surface area contributed by atoms with Gasteiger partial charge in [-0.05, 0) is 0 Å². The van der Waals surface area contributed by atoms with Crippen LogP contribution in [0.2, 0.25) is 0 Å². The molecule has 0 aromatic rings. The van der Waals surface area contributed by atoms with Crippen molar-refractivity contribution < 1.29 is 19.3 Å². The van der Waals surface area contributed by atoms with Gasteiger partial charge in [-0.3, -0.25) is 0 Å². The lowest BCUT2D eigenvalue weighted by molar-refractivity contribution is 0.0145. The van der Waals surface area contributed by atoms with Gasteiger partial charge in [0.2, 0.25) is 0 Å². The molecule has 0 saturated carbocycles. The van der Waals surface area contributed by atoms with E-state index < -0.39 is 0 Å². The first-order chi connectivity index (χ1) is 5.91. The van der Waals surface area contributed by atoms with Crippen LogP contribution < -0.4 is 0 Å². The van der Waals surface area contributed by atoms with E-state index in [1.54, 1.807) is 0 Å². The van der Waals surface area contributed by atoms with E-state index in [0.29, 0.717) is 38.6 Å². The zero-order valence-electron chi connectivity index (χ0n) is 7.00. The molecular formula is C7H15BrO4. The standard InChI is InChI=1S/C7H15BrO4/c8-7-12-6-5-11-4-3-10-2-1-9/h9H,1-7H2. The van der Waals surface area contributed by atoms with Crippen molar-refractivity contribution in [3.8, 4) is 0 Å². The lowest BCUT2D eigenvalue weighted by Gasteiger charge is -2.04. The van der Waals surface area contributed by atoms with Gasteiger partial charge in [-0.15, -0.1) is 0 Å². The molecule has 0 aliphatic heterocycles. The van der Waals surface area contributed by atoms with Crippen molar-refractivity contribution in [3.05, 3.63) is 0 Å². The smallest absolute Gasteiger partial charge is 0.102 e. The van der Waals surface area contributed by atoms with E-state index in [2.05, 4.69) is 15.9 Å². The number of hydrogen-bond acceptors (Lipinski definition) is 4. The highest BCUT2D eigenvalue weighted by atomic mass is 79.9. The van der Waals surface area contributed by atoms with Crippen LogP contribution in [0.5, 0.6) is 0 Å². The summed E-state index contributed by atoms with van der Waals surface area (Å²) in [6.07, 6.45) is 0. The Balaban J connectivity index is 2.73.